The van der Waals surface area contributed by atoms with Crippen LogP contribution in [0.5, 0.6) is 0 Å². The van der Waals surface area contributed by atoms with Crippen molar-refractivity contribution >= 4 is 17.7 Å². The van der Waals surface area contributed by atoms with E-state index < -0.39 is 5.97 Å². The summed E-state index contributed by atoms with van der Waals surface area (Å²) >= 11 is 1.19. The molecule has 21 heavy (non-hydrogen) atoms. The van der Waals surface area contributed by atoms with E-state index in [1.165, 1.54) is 11.8 Å². The zero-order valence-electron chi connectivity index (χ0n) is 12.4. The van der Waals surface area contributed by atoms with Gasteiger partial charge in [0.2, 0.25) is 0 Å². The van der Waals surface area contributed by atoms with Crippen LogP contribution >= 0.6 is 11.8 Å². The van der Waals surface area contributed by atoms with Crippen molar-refractivity contribution in [2.45, 2.75) is 44.3 Å². The Bertz CT molecular complexity index is 600. The topological polar surface area (TPSA) is 81.2 Å². The number of aryl methyl sites for hydroxylation is 2. The van der Waals surface area contributed by atoms with Crippen LogP contribution in [0.25, 0.3) is 0 Å². The number of aromatic nitrogens is 3. The van der Waals surface area contributed by atoms with Crippen molar-refractivity contribution in [1.29, 1.82) is 0 Å². The summed E-state index contributed by atoms with van der Waals surface area (Å²) in [6.45, 7) is 6.16. The fourth-order valence-corrected chi connectivity index (χ4v) is 2.91. The van der Waals surface area contributed by atoms with Crippen LogP contribution in [0.15, 0.2) is 28.0 Å². The van der Waals surface area contributed by atoms with Crippen molar-refractivity contribution in [1.82, 2.24) is 14.8 Å². The molecule has 0 amide bonds. The number of carboxylic acid groups (broad SMARTS) is 1. The lowest BCUT2D eigenvalue weighted by Crippen LogP contribution is -2.25. The SMILES string of the molecule is CC(C)(C)n1c(CCc2ccco2)nnc1SCC(=O)O. The number of aliphatic carboxylic acids is 1. The highest BCUT2D eigenvalue weighted by Crippen LogP contribution is 2.26. The van der Waals surface area contributed by atoms with Crippen molar-refractivity contribution < 1.29 is 14.3 Å². The summed E-state index contributed by atoms with van der Waals surface area (Å²) in [7, 11) is 0. The molecular formula is C14H19N3O3S. The van der Waals surface area contributed by atoms with Gasteiger partial charge in [-0.2, -0.15) is 0 Å². The van der Waals surface area contributed by atoms with Crippen LogP contribution in [0.3, 0.4) is 0 Å². The Morgan fingerprint density at radius 1 is 1.38 bits per heavy atom. The second kappa shape index (κ2) is 6.34. The summed E-state index contributed by atoms with van der Waals surface area (Å²) in [5.74, 6) is 0.859. The molecule has 0 spiro atoms. The standard InChI is InChI=1S/C14H19N3O3S/c1-14(2,3)17-11(7-6-10-5-4-8-20-10)15-16-13(17)21-9-12(18)19/h4-5,8H,6-7,9H2,1-3H3,(H,18,19). The molecule has 0 radical (unpaired) electrons. The average Bonchev–Trinajstić information content (AvgIpc) is 3.02. The van der Waals surface area contributed by atoms with E-state index in [1.54, 1.807) is 6.26 Å². The molecule has 0 unspecified atom stereocenters. The molecule has 7 heteroatoms. The number of nitrogens with zero attached hydrogens (tertiary/aromatic N) is 3. The zero-order valence-corrected chi connectivity index (χ0v) is 13.2. The molecule has 0 aliphatic rings. The summed E-state index contributed by atoms with van der Waals surface area (Å²) in [5.41, 5.74) is -0.206. The van der Waals surface area contributed by atoms with E-state index in [-0.39, 0.29) is 11.3 Å². The molecule has 0 bridgehead atoms. The van der Waals surface area contributed by atoms with E-state index in [9.17, 15) is 4.79 Å². The highest BCUT2D eigenvalue weighted by molar-refractivity contribution is 7.99. The first-order valence-corrected chi connectivity index (χ1v) is 7.68. The first kappa shape index (κ1) is 15.6. The summed E-state index contributed by atoms with van der Waals surface area (Å²) in [4.78, 5) is 10.7. The molecule has 2 aromatic heterocycles. The van der Waals surface area contributed by atoms with E-state index >= 15 is 0 Å². The van der Waals surface area contributed by atoms with Gasteiger partial charge >= 0.3 is 5.97 Å². The predicted octanol–water partition coefficient (Wildman–Crippen LogP) is 2.59. The van der Waals surface area contributed by atoms with Crippen molar-refractivity contribution in [2.24, 2.45) is 0 Å². The molecule has 0 aliphatic carbocycles. The van der Waals surface area contributed by atoms with Gasteiger partial charge in [-0.3, -0.25) is 4.79 Å². The van der Waals surface area contributed by atoms with Crippen molar-refractivity contribution in [3.63, 3.8) is 0 Å². The molecule has 2 heterocycles. The van der Waals surface area contributed by atoms with Crippen LogP contribution in [0.4, 0.5) is 0 Å². The Balaban J connectivity index is 2.18. The number of carboxylic acids is 1. The number of hydrogen-bond acceptors (Lipinski definition) is 5. The van der Waals surface area contributed by atoms with Crippen molar-refractivity contribution in [3.05, 3.63) is 30.0 Å². The lowest BCUT2D eigenvalue weighted by Gasteiger charge is -2.24. The van der Waals surface area contributed by atoms with Gasteiger partial charge in [-0.15, -0.1) is 10.2 Å². The minimum Gasteiger partial charge on any atom is -0.481 e. The molecular weight excluding hydrogens is 290 g/mol. The second-order valence-electron chi connectivity index (χ2n) is 5.67. The predicted molar refractivity (Wildman–Crippen MR) is 79.5 cm³/mol. The third-order valence-electron chi connectivity index (χ3n) is 2.87. The number of thioether (sulfide) groups is 1. The summed E-state index contributed by atoms with van der Waals surface area (Å²) in [5, 5.41) is 17.8. The van der Waals surface area contributed by atoms with Crippen molar-refractivity contribution in [2.75, 3.05) is 5.75 Å². The Labute approximate surface area is 127 Å². The van der Waals surface area contributed by atoms with Crippen molar-refractivity contribution in [3.8, 4) is 0 Å². The lowest BCUT2D eigenvalue weighted by molar-refractivity contribution is -0.133. The van der Waals surface area contributed by atoms with Gasteiger partial charge in [0.25, 0.3) is 0 Å². The number of carbonyl (C=O) groups is 1. The normalized spacial score (nSPS) is 11.8. The van der Waals surface area contributed by atoms with Gasteiger partial charge in [0.15, 0.2) is 5.16 Å². The Hall–Kier alpha value is -1.76. The zero-order chi connectivity index (χ0) is 15.5. The van der Waals surface area contributed by atoms with Gasteiger partial charge in [-0.05, 0) is 32.9 Å². The fraction of sp³-hybridized carbons (Fsp3) is 0.500. The first-order valence-electron chi connectivity index (χ1n) is 6.69. The van der Waals surface area contributed by atoms with Crippen LogP contribution in [0.2, 0.25) is 0 Å². The quantitative estimate of drug-likeness (QED) is 0.826. The van der Waals surface area contributed by atoms with Crippen LogP contribution < -0.4 is 0 Å². The van der Waals surface area contributed by atoms with E-state index in [2.05, 4.69) is 31.0 Å². The minimum atomic E-state index is -0.861. The molecule has 6 nitrogen and oxygen atoms in total. The Kier molecular flexibility index (Phi) is 4.72. The van der Waals surface area contributed by atoms with Gasteiger partial charge in [0.05, 0.1) is 12.0 Å². The molecule has 0 fully saturated rings. The highest BCUT2D eigenvalue weighted by Gasteiger charge is 2.23. The fourth-order valence-electron chi connectivity index (χ4n) is 2.05. The summed E-state index contributed by atoms with van der Waals surface area (Å²) in [6.07, 6.45) is 3.09. The van der Waals surface area contributed by atoms with Gasteiger partial charge in [-0.1, -0.05) is 11.8 Å². The maximum absolute atomic E-state index is 10.7. The molecule has 0 saturated carbocycles. The molecule has 2 rings (SSSR count). The van der Waals surface area contributed by atoms with Crippen LogP contribution in [0, 0.1) is 0 Å². The molecule has 0 atom stereocenters. The Morgan fingerprint density at radius 2 is 2.14 bits per heavy atom. The van der Waals surface area contributed by atoms with E-state index in [0.717, 1.165) is 18.0 Å². The third kappa shape index (κ3) is 4.10. The maximum Gasteiger partial charge on any atom is 0.313 e. The smallest absolute Gasteiger partial charge is 0.313 e. The molecule has 0 aromatic carbocycles. The summed E-state index contributed by atoms with van der Waals surface area (Å²) < 4.78 is 7.33. The van der Waals surface area contributed by atoms with Crippen LogP contribution in [-0.4, -0.2) is 31.6 Å². The van der Waals surface area contributed by atoms with E-state index in [0.29, 0.717) is 11.6 Å². The minimum absolute atomic E-state index is 0.0214. The molecule has 114 valence electrons. The highest BCUT2D eigenvalue weighted by atomic mass is 32.2. The van der Waals surface area contributed by atoms with Gasteiger partial charge in [0, 0.05) is 18.4 Å². The summed E-state index contributed by atoms with van der Waals surface area (Å²) in [6, 6.07) is 3.79. The van der Waals surface area contributed by atoms with E-state index in [1.807, 2.05) is 16.7 Å². The van der Waals surface area contributed by atoms with E-state index in [4.69, 9.17) is 9.52 Å². The van der Waals surface area contributed by atoms with Crippen LogP contribution in [-0.2, 0) is 23.2 Å². The van der Waals surface area contributed by atoms with Gasteiger partial charge in [0.1, 0.15) is 11.6 Å². The Morgan fingerprint density at radius 3 is 2.71 bits per heavy atom. The number of rotatable bonds is 6. The number of furan rings is 1. The maximum atomic E-state index is 10.7. The number of hydrogen-bond donors (Lipinski definition) is 1. The molecule has 1 N–H and O–H groups in total. The lowest BCUT2D eigenvalue weighted by atomic mass is 10.1. The van der Waals surface area contributed by atoms with Gasteiger partial charge in [-0.25, -0.2) is 0 Å². The van der Waals surface area contributed by atoms with Gasteiger partial charge < -0.3 is 14.1 Å². The first-order chi connectivity index (χ1) is 9.88. The molecule has 0 aliphatic heterocycles. The second-order valence-corrected chi connectivity index (χ2v) is 6.61. The monoisotopic (exact) mass is 309 g/mol. The van der Waals surface area contributed by atoms with Crippen LogP contribution in [0.1, 0.15) is 32.4 Å². The molecule has 2 aromatic rings. The molecule has 0 saturated heterocycles. The average molecular weight is 309 g/mol. The third-order valence-corrected chi connectivity index (χ3v) is 3.78. The largest absolute Gasteiger partial charge is 0.481 e.